The highest BCUT2D eigenvalue weighted by molar-refractivity contribution is 7.89. The number of hydrogen-bond donors (Lipinski definition) is 2. The molecule has 188 valence electrons. The van der Waals surface area contributed by atoms with E-state index in [1.807, 2.05) is 6.07 Å². The van der Waals surface area contributed by atoms with Crippen molar-refractivity contribution in [1.29, 1.82) is 0 Å². The highest BCUT2D eigenvalue weighted by atomic mass is 35.5. The van der Waals surface area contributed by atoms with Crippen molar-refractivity contribution in [2.45, 2.75) is 23.8 Å². The van der Waals surface area contributed by atoms with Crippen molar-refractivity contribution in [2.24, 2.45) is 5.92 Å². The van der Waals surface area contributed by atoms with Crippen LogP contribution in [0.25, 0.3) is 0 Å². The molecule has 0 saturated carbocycles. The topological polar surface area (TPSA) is 135 Å². The number of carbonyl (C=O) groups is 1. The quantitative estimate of drug-likeness (QED) is 0.484. The van der Waals surface area contributed by atoms with Gasteiger partial charge in [0.05, 0.1) is 15.6 Å². The van der Waals surface area contributed by atoms with Gasteiger partial charge in [-0.2, -0.15) is 4.31 Å². The summed E-state index contributed by atoms with van der Waals surface area (Å²) in [7, 11) is -3.78. The molecular weight excluding hydrogens is 508 g/mol. The predicted octanol–water partition coefficient (Wildman–Crippen LogP) is 3.26. The van der Waals surface area contributed by atoms with Gasteiger partial charge in [0, 0.05) is 48.6 Å². The van der Waals surface area contributed by atoms with Gasteiger partial charge in [0.2, 0.25) is 10.0 Å². The van der Waals surface area contributed by atoms with Gasteiger partial charge in [-0.3, -0.25) is 14.8 Å². The van der Waals surface area contributed by atoms with Gasteiger partial charge in [0.25, 0.3) is 11.5 Å². The summed E-state index contributed by atoms with van der Waals surface area (Å²) < 4.78 is 30.0. The fourth-order valence-corrected chi connectivity index (χ4v) is 6.66. The molecular formula is C24H22ClN4O6S-. The SMILES string of the molecule is O=C(Nc1ccc(S(=O)(=O)N2C[C@@H]3C[C@@H](C2)c2cccc(=O)n2C3)cc1)c1ccc(Cl)c(N([O-])O)c1. The molecule has 0 radical (unpaired) electrons. The largest absolute Gasteiger partial charge is 0.733 e. The van der Waals surface area contributed by atoms with E-state index in [0.29, 0.717) is 25.3 Å². The van der Waals surface area contributed by atoms with Crippen LogP contribution in [0.4, 0.5) is 11.4 Å². The van der Waals surface area contributed by atoms with E-state index in [9.17, 15) is 23.2 Å². The second-order valence-corrected chi connectivity index (χ2v) is 11.3. The van der Waals surface area contributed by atoms with E-state index in [1.165, 1.54) is 46.8 Å². The zero-order valence-corrected chi connectivity index (χ0v) is 20.4. The molecule has 2 aliphatic heterocycles. The second-order valence-electron chi connectivity index (χ2n) is 8.94. The zero-order valence-electron chi connectivity index (χ0n) is 18.9. The van der Waals surface area contributed by atoms with Crippen LogP contribution >= 0.6 is 11.6 Å². The Balaban J connectivity index is 1.32. The Hall–Kier alpha value is -3.22. The van der Waals surface area contributed by atoms with Crippen molar-refractivity contribution in [3.63, 3.8) is 0 Å². The van der Waals surface area contributed by atoms with Gasteiger partial charge in [-0.05, 0) is 60.9 Å². The third-order valence-electron chi connectivity index (χ3n) is 6.61. The first kappa shape index (κ1) is 24.5. The number of nitrogens with one attached hydrogen (secondary N) is 1. The Morgan fingerprint density at radius 1 is 1.08 bits per heavy atom. The van der Waals surface area contributed by atoms with Crippen molar-refractivity contribution in [3.05, 3.63) is 92.5 Å². The Morgan fingerprint density at radius 2 is 1.83 bits per heavy atom. The minimum Gasteiger partial charge on any atom is -0.733 e. The molecule has 0 aliphatic carbocycles. The fraction of sp³-hybridized carbons (Fsp3) is 0.250. The molecule has 10 nitrogen and oxygen atoms in total. The van der Waals surface area contributed by atoms with Crippen molar-refractivity contribution in [1.82, 2.24) is 8.87 Å². The van der Waals surface area contributed by atoms with Gasteiger partial charge in [-0.15, -0.1) is 0 Å². The van der Waals surface area contributed by atoms with Crippen LogP contribution in [0.1, 0.15) is 28.4 Å². The number of fused-ring (bicyclic) bond motifs is 4. The average Bonchev–Trinajstić information content (AvgIpc) is 2.85. The minimum absolute atomic E-state index is 0.0176. The molecule has 1 fully saturated rings. The molecule has 1 amide bonds. The molecule has 36 heavy (non-hydrogen) atoms. The average molecular weight is 530 g/mol. The van der Waals surface area contributed by atoms with Gasteiger partial charge < -0.3 is 20.3 Å². The molecule has 0 unspecified atom stereocenters. The molecule has 0 spiro atoms. The van der Waals surface area contributed by atoms with E-state index in [0.717, 1.165) is 18.2 Å². The van der Waals surface area contributed by atoms with E-state index in [4.69, 9.17) is 16.8 Å². The maximum Gasteiger partial charge on any atom is 0.255 e. The summed E-state index contributed by atoms with van der Waals surface area (Å²) in [6.07, 6.45) is 0.841. The first-order valence-electron chi connectivity index (χ1n) is 11.2. The Morgan fingerprint density at radius 3 is 2.56 bits per heavy atom. The van der Waals surface area contributed by atoms with Gasteiger partial charge >= 0.3 is 0 Å². The molecule has 2 atom stereocenters. The number of anilines is 2. The summed E-state index contributed by atoms with van der Waals surface area (Å²) >= 11 is 5.83. The molecule has 2 bridgehead atoms. The summed E-state index contributed by atoms with van der Waals surface area (Å²) in [5, 5.41) is 22.5. The van der Waals surface area contributed by atoms with Crippen LogP contribution in [-0.2, 0) is 16.6 Å². The number of piperidine rings is 1. The number of hydrogen-bond acceptors (Lipinski definition) is 7. The Bertz CT molecular complexity index is 1490. The van der Waals surface area contributed by atoms with E-state index in [1.54, 1.807) is 10.6 Å². The highest BCUT2D eigenvalue weighted by Gasteiger charge is 2.39. The highest BCUT2D eigenvalue weighted by Crippen LogP contribution is 2.37. The Labute approximate surface area is 211 Å². The molecule has 2 aromatic carbocycles. The third kappa shape index (κ3) is 4.51. The van der Waals surface area contributed by atoms with Crippen molar-refractivity contribution >= 4 is 38.9 Å². The maximum atomic E-state index is 13.4. The van der Waals surface area contributed by atoms with Crippen molar-refractivity contribution in [2.75, 3.05) is 23.6 Å². The van der Waals surface area contributed by atoms with Crippen LogP contribution in [0.2, 0.25) is 5.02 Å². The summed E-state index contributed by atoms with van der Waals surface area (Å²) in [6, 6.07) is 14.8. The van der Waals surface area contributed by atoms with Crippen molar-refractivity contribution < 1.29 is 18.4 Å². The number of halogens is 1. The predicted molar refractivity (Wildman–Crippen MR) is 134 cm³/mol. The van der Waals surface area contributed by atoms with Crippen LogP contribution in [0.5, 0.6) is 0 Å². The summed E-state index contributed by atoms with van der Waals surface area (Å²) in [5.74, 6) is -0.561. The van der Waals surface area contributed by atoms with Gasteiger partial charge in [-0.25, -0.2) is 8.42 Å². The number of sulfonamides is 1. The number of amides is 1. The van der Waals surface area contributed by atoms with Crippen LogP contribution in [0.3, 0.4) is 0 Å². The zero-order chi connectivity index (χ0) is 25.6. The monoisotopic (exact) mass is 529 g/mol. The van der Waals surface area contributed by atoms with E-state index >= 15 is 0 Å². The normalized spacial score (nSPS) is 19.4. The standard InChI is InChI=1S/C24H22ClN4O6S/c25-20-9-4-16(11-22(20)29(32)33)24(31)26-18-5-7-19(8-6-18)36(34,35)27-12-15-10-17(14-27)21-2-1-3-23(30)28(21)13-15/h1-9,11,15,17,32H,10,12-14H2,(H,26,31)/q-1/t15-,17-/m0/s1. The van der Waals surface area contributed by atoms with E-state index in [-0.39, 0.29) is 38.6 Å². The first-order valence-corrected chi connectivity index (χ1v) is 13.0. The van der Waals surface area contributed by atoms with Crippen LogP contribution in [0, 0.1) is 11.1 Å². The maximum absolute atomic E-state index is 13.4. The van der Waals surface area contributed by atoms with Gasteiger partial charge in [0.15, 0.2) is 0 Å². The second kappa shape index (κ2) is 9.34. The van der Waals surface area contributed by atoms with E-state index in [2.05, 4.69) is 5.32 Å². The number of pyridine rings is 1. The lowest BCUT2D eigenvalue weighted by Crippen LogP contribution is -2.48. The summed E-state index contributed by atoms with van der Waals surface area (Å²) in [5.41, 5.74) is 0.961. The molecule has 1 aromatic heterocycles. The Kier molecular flexibility index (Phi) is 6.35. The fourth-order valence-electron chi connectivity index (χ4n) is 4.91. The number of carbonyl (C=O) groups excluding carboxylic acids is 1. The first-order chi connectivity index (χ1) is 17.1. The van der Waals surface area contributed by atoms with Gasteiger partial charge in [-0.1, -0.05) is 17.7 Å². The lowest BCUT2D eigenvalue weighted by Gasteiger charge is -2.42. The smallest absolute Gasteiger partial charge is 0.255 e. The van der Waals surface area contributed by atoms with Crippen LogP contribution in [0.15, 0.2) is 70.4 Å². The molecule has 12 heteroatoms. The molecule has 1 saturated heterocycles. The van der Waals surface area contributed by atoms with E-state index < -0.39 is 21.2 Å². The molecule has 2 aliphatic rings. The molecule has 5 rings (SSSR count). The molecule has 2 N–H and O–H groups in total. The van der Waals surface area contributed by atoms with Crippen LogP contribution in [-0.4, -0.2) is 41.5 Å². The lowest BCUT2D eigenvalue weighted by molar-refractivity contribution is 0.102. The number of rotatable bonds is 5. The summed E-state index contributed by atoms with van der Waals surface area (Å²) in [4.78, 5) is 24.9. The van der Waals surface area contributed by atoms with Crippen LogP contribution < -0.4 is 16.1 Å². The van der Waals surface area contributed by atoms with Crippen molar-refractivity contribution in [3.8, 4) is 0 Å². The summed E-state index contributed by atoms with van der Waals surface area (Å²) in [6.45, 7) is 1.12. The lowest BCUT2D eigenvalue weighted by atomic mass is 9.84. The number of benzene rings is 2. The molecule has 3 aromatic rings. The van der Waals surface area contributed by atoms with Gasteiger partial charge in [0.1, 0.15) is 0 Å². The number of nitrogens with zero attached hydrogens (tertiary/aromatic N) is 3. The third-order valence-corrected chi connectivity index (χ3v) is 8.78. The number of aromatic nitrogens is 1. The molecule has 3 heterocycles. The minimum atomic E-state index is -3.78.